The fourth-order valence-corrected chi connectivity index (χ4v) is 3.09. The second-order valence-electron chi connectivity index (χ2n) is 6.00. The van der Waals surface area contributed by atoms with Crippen molar-refractivity contribution in [3.63, 3.8) is 0 Å². The highest BCUT2D eigenvalue weighted by Gasteiger charge is 2.16. The maximum Gasteiger partial charge on any atom is 0.148 e. The third-order valence-corrected chi connectivity index (χ3v) is 4.15. The average Bonchev–Trinajstić information content (AvgIpc) is 2.96. The molecule has 1 heterocycles. The molecule has 1 aromatic rings. The molecule has 5 heteroatoms. The first-order valence-electron chi connectivity index (χ1n) is 7.77. The van der Waals surface area contributed by atoms with Gasteiger partial charge in [-0.05, 0) is 24.7 Å². The summed E-state index contributed by atoms with van der Waals surface area (Å²) in [5, 5.41) is 3.45. The number of hydrazine groups is 1. The molecule has 112 valence electrons. The van der Waals surface area contributed by atoms with Crippen LogP contribution in [0.2, 0.25) is 0 Å². The van der Waals surface area contributed by atoms with Crippen molar-refractivity contribution < 1.29 is 0 Å². The highest BCUT2D eigenvalue weighted by molar-refractivity contribution is 5.58. The van der Waals surface area contributed by atoms with E-state index in [0.717, 1.165) is 23.8 Å². The summed E-state index contributed by atoms with van der Waals surface area (Å²) in [4.78, 5) is 8.54. The average molecular weight is 277 g/mol. The second-order valence-corrected chi connectivity index (χ2v) is 6.00. The molecule has 0 spiro atoms. The molecule has 4 N–H and O–H groups in total. The predicted molar refractivity (Wildman–Crippen MR) is 83.6 cm³/mol. The van der Waals surface area contributed by atoms with E-state index in [-0.39, 0.29) is 0 Å². The summed E-state index contributed by atoms with van der Waals surface area (Å²) in [6.07, 6.45) is 9.78. The van der Waals surface area contributed by atoms with Gasteiger partial charge in [0.05, 0.1) is 0 Å². The molecule has 1 aliphatic carbocycles. The van der Waals surface area contributed by atoms with Crippen LogP contribution >= 0.6 is 0 Å². The predicted octanol–water partition coefficient (Wildman–Crippen LogP) is 3.27. The molecule has 0 atom stereocenters. The monoisotopic (exact) mass is 277 g/mol. The topological polar surface area (TPSA) is 75.9 Å². The number of aromatic nitrogens is 2. The Morgan fingerprint density at radius 3 is 2.60 bits per heavy atom. The van der Waals surface area contributed by atoms with Gasteiger partial charge in [-0.15, -0.1) is 0 Å². The third kappa shape index (κ3) is 3.82. The lowest BCUT2D eigenvalue weighted by atomic mass is 10.0. The van der Waals surface area contributed by atoms with Crippen LogP contribution in [0.15, 0.2) is 6.33 Å². The Hall–Kier alpha value is -1.36. The molecule has 2 rings (SSSR count). The van der Waals surface area contributed by atoms with E-state index in [1.807, 2.05) is 0 Å². The molecule has 0 bridgehead atoms. The first-order valence-corrected chi connectivity index (χ1v) is 7.77. The van der Waals surface area contributed by atoms with Crippen LogP contribution in [0.5, 0.6) is 0 Å². The Kier molecular flexibility index (Phi) is 5.59. The van der Waals surface area contributed by atoms with E-state index in [9.17, 15) is 0 Å². The number of hydrogen-bond donors (Lipinski definition) is 3. The van der Waals surface area contributed by atoms with Gasteiger partial charge in [-0.3, -0.25) is 0 Å². The summed E-state index contributed by atoms with van der Waals surface area (Å²) < 4.78 is 0. The van der Waals surface area contributed by atoms with Gasteiger partial charge in [-0.2, -0.15) is 0 Å². The minimum absolute atomic E-state index is 0.333. The Labute approximate surface area is 121 Å². The van der Waals surface area contributed by atoms with Gasteiger partial charge in [0.15, 0.2) is 0 Å². The smallest absolute Gasteiger partial charge is 0.148 e. The fraction of sp³-hybridized carbons (Fsp3) is 0.733. The van der Waals surface area contributed by atoms with E-state index >= 15 is 0 Å². The maximum absolute atomic E-state index is 5.53. The number of rotatable bonds is 7. The SMILES string of the molecule is CC(C)c1c(NN)ncnc1NCCCC1CCCC1. The van der Waals surface area contributed by atoms with Crippen molar-refractivity contribution in [2.75, 3.05) is 17.3 Å². The van der Waals surface area contributed by atoms with Crippen LogP contribution in [-0.4, -0.2) is 16.5 Å². The van der Waals surface area contributed by atoms with E-state index in [1.54, 1.807) is 6.33 Å². The lowest BCUT2D eigenvalue weighted by Crippen LogP contribution is -2.15. The second kappa shape index (κ2) is 7.43. The molecule has 20 heavy (non-hydrogen) atoms. The van der Waals surface area contributed by atoms with Crippen LogP contribution in [0, 0.1) is 5.92 Å². The van der Waals surface area contributed by atoms with Crippen LogP contribution in [0.3, 0.4) is 0 Å². The molecule has 1 aliphatic rings. The van der Waals surface area contributed by atoms with Crippen molar-refractivity contribution in [1.82, 2.24) is 9.97 Å². The number of nitrogens with one attached hydrogen (secondary N) is 2. The van der Waals surface area contributed by atoms with E-state index in [4.69, 9.17) is 5.84 Å². The molecule has 0 radical (unpaired) electrons. The third-order valence-electron chi connectivity index (χ3n) is 4.15. The molecule has 1 aromatic heterocycles. The quantitative estimate of drug-likeness (QED) is 0.405. The Bertz CT molecular complexity index is 413. The van der Waals surface area contributed by atoms with Crippen molar-refractivity contribution in [1.29, 1.82) is 0 Å². The summed E-state index contributed by atoms with van der Waals surface area (Å²) in [5.41, 5.74) is 3.73. The van der Waals surface area contributed by atoms with Crippen molar-refractivity contribution in [2.24, 2.45) is 11.8 Å². The lowest BCUT2D eigenvalue weighted by Gasteiger charge is -2.16. The van der Waals surface area contributed by atoms with Crippen LogP contribution in [-0.2, 0) is 0 Å². The van der Waals surface area contributed by atoms with E-state index < -0.39 is 0 Å². The summed E-state index contributed by atoms with van der Waals surface area (Å²) in [6.45, 7) is 5.23. The zero-order chi connectivity index (χ0) is 14.4. The standard InChI is InChI=1S/C15H27N5/c1-11(2)13-14(18-10-19-15(13)20-16)17-9-5-8-12-6-3-4-7-12/h10-12H,3-9,16H2,1-2H3,(H2,17,18,19,20). The van der Waals surface area contributed by atoms with Gasteiger partial charge in [-0.25, -0.2) is 15.8 Å². The Morgan fingerprint density at radius 2 is 1.95 bits per heavy atom. The van der Waals surface area contributed by atoms with Gasteiger partial charge in [0.25, 0.3) is 0 Å². The Morgan fingerprint density at radius 1 is 1.25 bits per heavy atom. The van der Waals surface area contributed by atoms with Crippen molar-refractivity contribution in [2.45, 2.75) is 58.3 Å². The zero-order valence-electron chi connectivity index (χ0n) is 12.7. The summed E-state index contributed by atoms with van der Waals surface area (Å²) >= 11 is 0. The molecule has 5 nitrogen and oxygen atoms in total. The lowest BCUT2D eigenvalue weighted by molar-refractivity contribution is 0.491. The normalized spacial score (nSPS) is 15.8. The van der Waals surface area contributed by atoms with Crippen molar-refractivity contribution in [3.05, 3.63) is 11.9 Å². The first kappa shape index (κ1) is 15.0. The summed E-state index contributed by atoms with van der Waals surface area (Å²) in [7, 11) is 0. The minimum atomic E-state index is 0.333. The van der Waals surface area contributed by atoms with Crippen LogP contribution in [0.1, 0.15) is 63.9 Å². The molecule has 1 saturated carbocycles. The van der Waals surface area contributed by atoms with Gasteiger partial charge in [0.2, 0.25) is 0 Å². The van der Waals surface area contributed by atoms with Crippen molar-refractivity contribution >= 4 is 11.6 Å². The summed E-state index contributed by atoms with van der Waals surface area (Å²) in [5.74, 6) is 8.44. The molecule has 0 amide bonds. The molecular formula is C15H27N5. The molecular weight excluding hydrogens is 250 g/mol. The highest BCUT2D eigenvalue weighted by Crippen LogP contribution is 2.29. The van der Waals surface area contributed by atoms with E-state index in [0.29, 0.717) is 11.7 Å². The highest BCUT2D eigenvalue weighted by atomic mass is 15.3. The van der Waals surface area contributed by atoms with Crippen LogP contribution in [0.25, 0.3) is 0 Å². The van der Waals surface area contributed by atoms with Gasteiger partial charge in [0, 0.05) is 12.1 Å². The fourth-order valence-electron chi connectivity index (χ4n) is 3.09. The largest absolute Gasteiger partial charge is 0.370 e. The molecule has 0 unspecified atom stereocenters. The summed E-state index contributed by atoms with van der Waals surface area (Å²) in [6, 6.07) is 0. The Balaban J connectivity index is 1.88. The number of nitrogens with zero attached hydrogens (tertiary/aromatic N) is 2. The van der Waals surface area contributed by atoms with Gasteiger partial charge >= 0.3 is 0 Å². The molecule has 1 fully saturated rings. The van der Waals surface area contributed by atoms with Gasteiger partial charge < -0.3 is 10.7 Å². The number of nitrogens with two attached hydrogens (primary N) is 1. The van der Waals surface area contributed by atoms with E-state index in [2.05, 4.69) is 34.6 Å². The molecule has 0 aliphatic heterocycles. The maximum atomic E-state index is 5.53. The number of anilines is 2. The van der Waals surface area contributed by atoms with Gasteiger partial charge in [-0.1, -0.05) is 39.5 Å². The molecule has 0 aromatic carbocycles. The zero-order valence-corrected chi connectivity index (χ0v) is 12.7. The van der Waals surface area contributed by atoms with Gasteiger partial charge in [0.1, 0.15) is 18.0 Å². The minimum Gasteiger partial charge on any atom is -0.370 e. The first-order chi connectivity index (χ1) is 9.72. The van der Waals surface area contributed by atoms with Crippen LogP contribution in [0.4, 0.5) is 11.6 Å². The number of nitrogen functional groups attached to an aromatic ring is 1. The van der Waals surface area contributed by atoms with Crippen LogP contribution < -0.4 is 16.6 Å². The van der Waals surface area contributed by atoms with Crippen molar-refractivity contribution in [3.8, 4) is 0 Å². The molecule has 0 saturated heterocycles. The number of hydrogen-bond acceptors (Lipinski definition) is 5. The van der Waals surface area contributed by atoms with E-state index in [1.165, 1.54) is 38.5 Å².